The predicted octanol–water partition coefficient (Wildman–Crippen LogP) is 2.27. The molecule has 0 radical (unpaired) electrons. The summed E-state index contributed by atoms with van der Waals surface area (Å²) in [6.07, 6.45) is 1.04. The van der Waals surface area contributed by atoms with Crippen LogP contribution in [0.2, 0.25) is 0 Å². The third-order valence-corrected chi connectivity index (χ3v) is 3.05. The Morgan fingerprint density at radius 3 is 2.39 bits per heavy atom. The zero-order valence-corrected chi connectivity index (χ0v) is 12.0. The number of carbonyl (C=O) groups excluding carboxylic acids is 2. The van der Waals surface area contributed by atoms with Gasteiger partial charge in [0, 0.05) is 10.9 Å². The minimum absolute atomic E-state index is 0.209. The van der Waals surface area contributed by atoms with Crippen LogP contribution in [0.1, 0.15) is 17.5 Å². The fourth-order valence-electron chi connectivity index (χ4n) is 1.57. The molecule has 0 heterocycles. The first-order valence-corrected chi connectivity index (χ1v) is 6.27. The molecule has 98 valence electrons. The van der Waals surface area contributed by atoms with Crippen molar-refractivity contribution in [3.63, 3.8) is 0 Å². The lowest BCUT2D eigenvalue weighted by molar-refractivity contribution is -0.140. The zero-order chi connectivity index (χ0) is 13.5. The molecule has 0 unspecified atom stereocenters. The molecular formula is C13H15BrO4. The number of carbonyl (C=O) groups is 2. The number of hydrogen-bond donors (Lipinski definition) is 0. The second-order valence-electron chi connectivity index (χ2n) is 3.74. The number of halogens is 1. The van der Waals surface area contributed by atoms with Crippen LogP contribution in [-0.2, 0) is 31.9 Å². The second-order valence-corrected chi connectivity index (χ2v) is 4.66. The largest absolute Gasteiger partial charge is 0.469 e. The molecule has 4 nitrogen and oxygen atoms in total. The molecule has 5 heteroatoms. The average molecular weight is 315 g/mol. The summed E-state index contributed by atoms with van der Waals surface area (Å²) in [5, 5.41) is 0. The molecule has 0 bridgehead atoms. The lowest BCUT2D eigenvalue weighted by Crippen LogP contribution is -2.08. The first-order chi connectivity index (χ1) is 8.56. The molecule has 0 atom stereocenters. The van der Waals surface area contributed by atoms with Gasteiger partial charge in [0.25, 0.3) is 0 Å². The summed E-state index contributed by atoms with van der Waals surface area (Å²) in [6.45, 7) is 0. The number of hydrogen-bond acceptors (Lipinski definition) is 4. The summed E-state index contributed by atoms with van der Waals surface area (Å²) in [7, 11) is 2.72. The normalized spacial score (nSPS) is 9.94. The molecule has 0 saturated heterocycles. The summed E-state index contributed by atoms with van der Waals surface area (Å²) in [4.78, 5) is 22.4. The van der Waals surface area contributed by atoms with Gasteiger partial charge in [-0.25, -0.2) is 0 Å². The van der Waals surface area contributed by atoms with Crippen LogP contribution in [0.4, 0.5) is 0 Å². The van der Waals surface area contributed by atoms with Crippen LogP contribution in [-0.4, -0.2) is 26.2 Å². The quantitative estimate of drug-likeness (QED) is 0.782. The van der Waals surface area contributed by atoms with Crippen LogP contribution in [0, 0.1) is 0 Å². The van der Waals surface area contributed by atoms with Gasteiger partial charge in [-0.15, -0.1) is 0 Å². The van der Waals surface area contributed by atoms with Gasteiger partial charge in [-0.05, 0) is 29.7 Å². The van der Waals surface area contributed by atoms with Crippen LogP contribution in [0.15, 0.2) is 22.7 Å². The number of ether oxygens (including phenoxy) is 2. The maximum atomic E-state index is 11.3. The van der Waals surface area contributed by atoms with E-state index in [0.717, 1.165) is 15.6 Å². The summed E-state index contributed by atoms with van der Waals surface area (Å²) >= 11 is 3.37. The van der Waals surface area contributed by atoms with E-state index in [4.69, 9.17) is 0 Å². The highest BCUT2D eigenvalue weighted by Crippen LogP contribution is 2.19. The Bertz CT molecular complexity index is 443. The van der Waals surface area contributed by atoms with Crippen molar-refractivity contribution in [1.82, 2.24) is 0 Å². The Labute approximate surface area is 114 Å². The molecule has 1 rings (SSSR count). The van der Waals surface area contributed by atoms with Crippen LogP contribution in [0.5, 0.6) is 0 Å². The molecule has 1 aromatic rings. The number of esters is 2. The molecule has 0 fully saturated rings. The lowest BCUT2D eigenvalue weighted by Gasteiger charge is -2.09. The van der Waals surface area contributed by atoms with Crippen molar-refractivity contribution in [2.24, 2.45) is 0 Å². The van der Waals surface area contributed by atoms with Crippen molar-refractivity contribution < 1.29 is 19.1 Å². The van der Waals surface area contributed by atoms with Gasteiger partial charge in [-0.3, -0.25) is 9.59 Å². The number of rotatable bonds is 5. The van der Waals surface area contributed by atoms with Gasteiger partial charge in [0.15, 0.2) is 0 Å². The van der Waals surface area contributed by atoms with E-state index >= 15 is 0 Å². The molecule has 18 heavy (non-hydrogen) atoms. The summed E-state index contributed by atoms with van der Waals surface area (Å²) in [5.41, 5.74) is 1.81. The highest BCUT2D eigenvalue weighted by Gasteiger charge is 2.10. The minimum Gasteiger partial charge on any atom is -0.469 e. The molecule has 1 aromatic carbocycles. The molecule has 0 aliphatic carbocycles. The average Bonchev–Trinajstić information content (AvgIpc) is 2.38. The van der Waals surface area contributed by atoms with Gasteiger partial charge < -0.3 is 9.47 Å². The predicted molar refractivity (Wildman–Crippen MR) is 70.2 cm³/mol. The van der Waals surface area contributed by atoms with Crippen molar-refractivity contribution in [2.75, 3.05) is 14.2 Å². The van der Waals surface area contributed by atoms with Crippen LogP contribution < -0.4 is 0 Å². The Kier molecular flexibility index (Phi) is 5.85. The van der Waals surface area contributed by atoms with Gasteiger partial charge in [0.05, 0.1) is 20.6 Å². The van der Waals surface area contributed by atoms with Crippen molar-refractivity contribution in [3.8, 4) is 0 Å². The Balaban J connectivity index is 2.82. The van der Waals surface area contributed by atoms with E-state index in [1.807, 2.05) is 18.2 Å². The first kappa shape index (κ1) is 14.7. The van der Waals surface area contributed by atoms with Crippen molar-refractivity contribution in [1.29, 1.82) is 0 Å². The fraction of sp³-hybridized carbons (Fsp3) is 0.385. The zero-order valence-electron chi connectivity index (χ0n) is 10.4. The minimum atomic E-state index is -0.295. The van der Waals surface area contributed by atoms with Crippen LogP contribution in [0.3, 0.4) is 0 Å². The van der Waals surface area contributed by atoms with Crippen molar-refractivity contribution in [2.45, 2.75) is 19.3 Å². The summed E-state index contributed by atoms with van der Waals surface area (Å²) in [6, 6.07) is 5.62. The number of methoxy groups -OCH3 is 2. The lowest BCUT2D eigenvalue weighted by atomic mass is 10.0. The van der Waals surface area contributed by atoms with Crippen molar-refractivity contribution >= 4 is 27.9 Å². The summed E-state index contributed by atoms with van der Waals surface area (Å²) in [5.74, 6) is -0.560. The third kappa shape index (κ3) is 4.49. The summed E-state index contributed by atoms with van der Waals surface area (Å²) < 4.78 is 10.2. The standard InChI is InChI=1S/C13H15BrO4/c1-17-12(15)6-4-9-7-11(14)5-3-10(9)8-13(16)18-2/h3,5,7H,4,6,8H2,1-2H3. The van der Waals surface area contributed by atoms with E-state index in [1.54, 1.807) is 0 Å². The van der Waals surface area contributed by atoms with E-state index in [1.165, 1.54) is 14.2 Å². The molecule has 0 spiro atoms. The molecular weight excluding hydrogens is 300 g/mol. The Hall–Kier alpha value is -1.36. The SMILES string of the molecule is COC(=O)CCc1cc(Br)ccc1CC(=O)OC. The van der Waals surface area contributed by atoms with Gasteiger partial charge >= 0.3 is 11.9 Å². The molecule has 0 N–H and O–H groups in total. The third-order valence-electron chi connectivity index (χ3n) is 2.56. The van der Waals surface area contributed by atoms with E-state index in [2.05, 4.69) is 25.4 Å². The van der Waals surface area contributed by atoms with E-state index < -0.39 is 0 Å². The highest BCUT2D eigenvalue weighted by atomic mass is 79.9. The van der Waals surface area contributed by atoms with Crippen LogP contribution >= 0.6 is 15.9 Å². The highest BCUT2D eigenvalue weighted by molar-refractivity contribution is 9.10. The van der Waals surface area contributed by atoms with E-state index in [0.29, 0.717) is 12.8 Å². The fourth-order valence-corrected chi connectivity index (χ4v) is 1.97. The van der Waals surface area contributed by atoms with Gasteiger partial charge in [0.1, 0.15) is 0 Å². The van der Waals surface area contributed by atoms with E-state index in [-0.39, 0.29) is 18.4 Å². The van der Waals surface area contributed by atoms with Gasteiger partial charge in [-0.1, -0.05) is 22.0 Å². The smallest absolute Gasteiger partial charge is 0.309 e. The van der Waals surface area contributed by atoms with Gasteiger partial charge in [-0.2, -0.15) is 0 Å². The first-order valence-electron chi connectivity index (χ1n) is 5.47. The molecule has 0 aromatic heterocycles. The molecule has 0 aliphatic rings. The monoisotopic (exact) mass is 314 g/mol. The molecule has 0 aliphatic heterocycles. The van der Waals surface area contributed by atoms with Gasteiger partial charge in [0.2, 0.25) is 0 Å². The maximum absolute atomic E-state index is 11.3. The molecule has 0 amide bonds. The molecule has 0 saturated carbocycles. The van der Waals surface area contributed by atoms with E-state index in [9.17, 15) is 9.59 Å². The maximum Gasteiger partial charge on any atom is 0.309 e. The Morgan fingerprint density at radius 1 is 1.11 bits per heavy atom. The number of benzene rings is 1. The number of aryl methyl sites for hydroxylation is 1. The van der Waals surface area contributed by atoms with Crippen LogP contribution in [0.25, 0.3) is 0 Å². The topological polar surface area (TPSA) is 52.6 Å². The second kappa shape index (κ2) is 7.16. The van der Waals surface area contributed by atoms with Crippen molar-refractivity contribution in [3.05, 3.63) is 33.8 Å². The Morgan fingerprint density at radius 2 is 1.78 bits per heavy atom.